The van der Waals surface area contributed by atoms with Crippen molar-refractivity contribution in [1.82, 2.24) is 5.43 Å². The third kappa shape index (κ3) is 4.95. The van der Waals surface area contributed by atoms with Crippen LogP contribution in [0.2, 0.25) is 0 Å². The highest BCUT2D eigenvalue weighted by molar-refractivity contribution is 6.02. The maximum atomic E-state index is 12.0. The molecule has 2 rings (SSSR count). The smallest absolute Gasteiger partial charge is 0.271 e. The minimum Gasteiger partial charge on any atom is -0.546 e. The fourth-order valence-electron chi connectivity index (χ4n) is 2.01. The lowest BCUT2D eigenvalue weighted by Crippen LogP contribution is -2.28. The number of carbonyl (C=O) groups excluding carboxylic acids is 2. The van der Waals surface area contributed by atoms with Crippen LogP contribution in [0.5, 0.6) is 5.75 Å². The van der Waals surface area contributed by atoms with E-state index in [0.29, 0.717) is 23.4 Å². The van der Waals surface area contributed by atoms with Crippen molar-refractivity contribution in [3.8, 4) is 5.75 Å². The molecule has 2 aromatic carbocycles. The Kier molecular flexibility index (Phi) is 6.08. The maximum absolute atomic E-state index is 12.0. The van der Waals surface area contributed by atoms with Crippen molar-refractivity contribution in [3.05, 3.63) is 65.7 Å². The number of carboxylic acid groups (broad SMARTS) is 1. The molecular formula is C18H17N2O4-. The third-order valence-electron chi connectivity index (χ3n) is 3.21. The molecule has 0 spiro atoms. The van der Waals surface area contributed by atoms with Crippen LogP contribution in [0.1, 0.15) is 29.3 Å². The Bertz CT molecular complexity index is 724. The number of hydrogen-bond donors (Lipinski definition) is 1. The van der Waals surface area contributed by atoms with Gasteiger partial charge in [0.25, 0.3) is 5.91 Å². The number of nitrogens with one attached hydrogen (secondary N) is 1. The fraction of sp³-hybridized carbons (Fsp3) is 0.167. The summed E-state index contributed by atoms with van der Waals surface area (Å²) in [4.78, 5) is 22.4. The highest BCUT2D eigenvalue weighted by Gasteiger charge is 2.06. The molecule has 1 amide bonds. The van der Waals surface area contributed by atoms with Gasteiger partial charge in [-0.3, -0.25) is 4.79 Å². The highest BCUT2D eigenvalue weighted by Crippen LogP contribution is 2.14. The van der Waals surface area contributed by atoms with Crippen LogP contribution in [0.4, 0.5) is 0 Å². The van der Waals surface area contributed by atoms with Crippen LogP contribution < -0.4 is 15.3 Å². The summed E-state index contributed by atoms with van der Waals surface area (Å²) in [5.41, 5.74) is 4.58. The van der Waals surface area contributed by atoms with Crippen LogP contribution in [0.25, 0.3) is 0 Å². The fourth-order valence-corrected chi connectivity index (χ4v) is 2.01. The minimum atomic E-state index is -1.28. The molecule has 2 aromatic rings. The maximum Gasteiger partial charge on any atom is 0.271 e. The van der Waals surface area contributed by atoms with Crippen LogP contribution in [-0.2, 0) is 4.79 Å². The van der Waals surface area contributed by atoms with Gasteiger partial charge in [-0.1, -0.05) is 25.1 Å². The Morgan fingerprint density at radius 2 is 1.71 bits per heavy atom. The van der Waals surface area contributed by atoms with Gasteiger partial charge in [-0.2, -0.15) is 5.10 Å². The summed E-state index contributed by atoms with van der Waals surface area (Å²) >= 11 is 0. The van der Waals surface area contributed by atoms with Gasteiger partial charge in [-0.05, 0) is 48.4 Å². The van der Waals surface area contributed by atoms with E-state index >= 15 is 0 Å². The van der Waals surface area contributed by atoms with Gasteiger partial charge in [0.2, 0.25) is 0 Å². The number of aliphatic carboxylic acids is 1. The van der Waals surface area contributed by atoms with Crippen LogP contribution in [0, 0.1) is 0 Å². The van der Waals surface area contributed by atoms with Crippen molar-refractivity contribution >= 4 is 17.6 Å². The second-order valence-corrected chi connectivity index (χ2v) is 4.90. The molecular weight excluding hydrogens is 308 g/mol. The Morgan fingerprint density at radius 1 is 1.04 bits per heavy atom. The molecule has 0 radical (unpaired) electrons. The number of nitrogens with zero attached hydrogens (tertiary/aromatic N) is 1. The quantitative estimate of drug-likeness (QED) is 0.615. The number of carboxylic acids is 1. The van der Waals surface area contributed by atoms with E-state index in [9.17, 15) is 14.7 Å². The Hall–Kier alpha value is -3.15. The van der Waals surface area contributed by atoms with E-state index in [2.05, 4.69) is 10.5 Å². The number of amides is 1. The second-order valence-electron chi connectivity index (χ2n) is 4.90. The molecule has 0 aliphatic heterocycles. The first-order chi connectivity index (χ1) is 11.6. The molecule has 0 aliphatic rings. The SMILES string of the molecule is CC/C(=N/NC(=O)c1ccccc1)c1ccc(OCC(=O)[O-])cc1. The summed E-state index contributed by atoms with van der Waals surface area (Å²) < 4.78 is 5.02. The van der Waals surface area contributed by atoms with Crippen molar-refractivity contribution in [2.75, 3.05) is 6.61 Å². The zero-order valence-corrected chi connectivity index (χ0v) is 13.2. The number of rotatable bonds is 7. The van der Waals surface area contributed by atoms with Crippen molar-refractivity contribution < 1.29 is 19.4 Å². The topological polar surface area (TPSA) is 90.8 Å². The van der Waals surface area contributed by atoms with Crippen LogP contribution in [0.3, 0.4) is 0 Å². The zero-order valence-electron chi connectivity index (χ0n) is 13.2. The second kappa shape index (κ2) is 8.47. The molecule has 24 heavy (non-hydrogen) atoms. The molecule has 0 unspecified atom stereocenters. The Morgan fingerprint density at radius 3 is 2.29 bits per heavy atom. The number of ether oxygens (including phenoxy) is 1. The molecule has 0 saturated carbocycles. The van der Waals surface area contributed by atoms with E-state index in [1.165, 1.54) is 0 Å². The Labute approximate surface area is 139 Å². The van der Waals surface area contributed by atoms with Crippen LogP contribution >= 0.6 is 0 Å². The summed E-state index contributed by atoms with van der Waals surface area (Å²) in [6.07, 6.45) is 0.619. The van der Waals surface area contributed by atoms with Gasteiger partial charge in [-0.25, -0.2) is 5.43 Å². The van der Waals surface area contributed by atoms with Crippen molar-refractivity contribution in [1.29, 1.82) is 0 Å². The molecule has 0 bridgehead atoms. The largest absolute Gasteiger partial charge is 0.546 e. The molecule has 0 atom stereocenters. The van der Waals surface area contributed by atoms with E-state index in [1.807, 2.05) is 13.0 Å². The predicted octanol–water partition coefficient (Wildman–Crippen LogP) is 1.36. The third-order valence-corrected chi connectivity index (χ3v) is 3.21. The lowest BCUT2D eigenvalue weighted by molar-refractivity contribution is -0.307. The average molecular weight is 325 g/mol. The van der Waals surface area contributed by atoms with Crippen molar-refractivity contribution in [2.24, 2.45) is 5.10 Å². The standard InChI is InChI=1S/C18H18N2O4/c1-2-16(19-20-18(23)14-6-4-3-5-7-14)13-8-10-15(11-9-13)24-12-17(21)22/h3-11H,2,12H2,1H3,(H,20,23)(H,21,22)/p-1/b19-16-. The first-order valence-electron chi connectivity index (χ1n) is 7.45. The molecule has 0 aliphatic carbocycles. The molecule has 0 heterocycles. The molecule has 0 aromatic heterocycles. The highest BCUT2D eigenvalue weighted by atomic mass is 16.5. The van der Waals surface area contributed by atoms with Gasteiger partial charge >= 0.3 is 0 Å². The molecule has 1 N–H and O–H groups in total. The van der Waals surface area contributed by atoms with Gasteiger partial charge < -0.3 is 14.6 Å². The van der Waals surface area contributed by atoms with Crippen LogP contribution in [0.15, 0.2) is 59.7 Å². The van der Waals surface area contributed by atoms with Gasteiger partial charge in [0.05, 0.1) is 11.7 Å². The van der Waals surface area contributed by atoms with Gasteiger partial charge in [0, 0.05) is 5.56 Å². The molecule has 6 nitrogen and oxygen atoms in total. The van der Waals surface area contributed by atoms with Crippen LogP contribution in [-0.4, -0.2) is 24.2 Å². The normalized spacial score (nSPS) is 11.0. The van der Waals surface area contributed by atoms with E-state index < -0.39 is 12.6 Å². The Balaban J connectivity index is 2.04. The summed E-state index contributed by atoms with van der Waals surface area (Å²) in [7, 11) is 0. The number of benzene rings is 2. The lowest BCUT2D eigenvalue weighted by Gasteiger charge is -2.09. The first kappa shape index (κ1) is 17.2. The first-order valence-corrected chi connectivity index (χ1v) is 7.45. The van der Waals surface area contributed by atoms with Crippen molar-refractivity contribution in [3.63, 3.8) is 0 Å². The summed E-state index contributed by atoms with van der Waals surface area (Å²) in [6.45, 7) is 1.43. The number of hydrogen-bond acceptors (Lipinski definition) is 5. The predicted molar refractivity (Wildman–Crippen MR) is 87.7 cm³/mol. The van der Waals surface area contributed by atoms with E-state index in [0.717, 1.165) is 5.56 Å². The number of carbonyl (C=O) groups is 2. The van der Waals surface area contributed by atoms with Crippen molar-refractivity contribution in [2.45, 2.75) is 13.3 Å². The molecule has 6 heteroatoms. The minimum absolute atomic E-state index is 0.282. The van der Waals surface area contributed by atoms with E-state index in [-0.39, 0.29) is 5.91 Å². The van der Waals surface area contributed by atoms with Gasteiger partial charge in [0.15, 0.2) is 0 Å². The number of hydrazone groups is 1. The molecule has 0 saturated heterocycles. The summed E-state index contributed by atoms with van der Waals surface area (Å²) in [5.74, 6) is -1.14. The molecule has 0 fully saturated rings. The molecule has 124 valence electrons. The monoisotopic (exact) mass is 325 g/mol. The van der Waals surface area contributed by atoms with E-state index in [4.69, 9.17) is 4.74 Å². The van der Waals surface area contributed by atoms with Gasteiger partial charge in [-0.15, -0.1) is 0 Å². The average Bonchev–Trinajstić information content (AvgIpc) is 2.62. The van der Waals surface area contributed by atoms with Gasteiger partial charge in [0.1, 0.15) is 12.4 Å². The lowest BCUT2D eigenvalue weighted by atomic mass is 10.1. The zero-order chi connectivity index (χ0) is 17.4. The van der Waals surface area contributed by atoms with E-state index in [1.54, 1.807) is 48.5 Å². The summed E-state index contributed by atoms with van der Waals surface area (Å²) in [5, 5.41) is 14.5. The summed E-state index contributed by atoms with van der Waals surface area (Å²) in [6, 6.07) is 15.6.